The zero-order chi connectivity index (χ0) is 15.6. The first-order valence-corrected chi connectivity index (χ1v) is 7.35. The Hall–Kier alpha value is -1.88. The van der Waals surface area contributed by atoms with Crippen molar-refractivity contribution in [1.29, 1.82) is 0 Å². The first kappa shape index (κ1) is 15.5. The van der Waals surface area contributed by atoms with Crippen molar-refractivity contribution in [2.45, 2.75) is 39.2 Å². The third kappa shape index (κ3) is 3.42. The van der Waals surface area contributed by atoms with Crippen LogP contribution in [0.25, 0.3) is 0 Å². The molecule has 0 bridgehead atoms. The fraction of sp³-hybridized carbons (Fsp3) is 0.500. The molecule has 1 unspecified atom stereocenters. The molecule has 4 N–H and O–H groups in total. The first-order valence-electron chi connectivity index (χ1n) is 7.35. The maximum Gasteiger partial charge on any atom is 0.251 e. The first-order chi connectivity index (χ1) is 9.86. The smallest absolute Gasteiger partial charge is 0.251 e. The van der Waals surface area contributed by atoms with Crippen LogP contribution in [0.4, 0.5) is 5.69 Å². The van der Waals surface area contributed by atoms with Crippen LogP contribution in [-0.2, 0) is 4.79 Å². The summed E-state index contributed by atoms with van der Waals surface area (Å²) in [5.74, 6) is -0.00797. The van der Waals surface area contributed by atoms with Crippen molar-refractivity contribution in [3.8, 4) is 0 Å². The Balaban J connectivity index is 2.10. The molecule has 1 atom stereocenters. The number of hydrogen-bond donors (Lipinski definition) is 3. The maximum atomic E-state index is 12.3. The highest BCUT2D eigenvalue weighted by atomic mass is 16.2. The number of anilines is 1. The fourth-order valence-electron chi connectivity index (χ4n) is 2.33. The van der Waals surface area contributed by atoms with Gasteiger partial charge in [-0.1, -0.05) is 0 Å². The number of amides is 2. The van der Waals surface area contributed by atoms with Crippen molar-refractivity contribution in [1.82, 2.24) is 5.32 Å². The summed E-state index contributed by atoms with van der Waals surface area (Å²) < 4.78 is 0. The second kappa shape index (κ2) is 5.85. The minimum atomic E-state index is -0.829. The maximum absolute atomic E-state index is 12.3. The van der Waals surface area contributed by atoms with Crippen molar-refractivity contribution >= 4 is 17.5 Å². The van der Waals surface area contributed by atoms with Gasteiger partial charge in [-0.3, -0.25) is 9.59 Å². The minimum Gasteiger partial charge on any atom is -0.352 e. The molecule has 1 aromatic carbocycles. The van der Waals surface area contributed by atoms with E-state index in [4.69, 9.17) is 5.73 Å². The summed E-state index contributed by atoms with van der Waals surface area (Å²) >= 11 is 0. The molecule has 0 aromatic heterocycles. The van der Waals surface area contributed by atoms with Crippen LogP contribution in [0.1, 0.15) is 42.6 Å². The lowest BCUT2D eigenvalue weighted by molar-refractivity contribution is -0.121. The molecule has 0 radical (unpaired) electrons. The van der Waals surface area contributed by atoms with Gasteiger partial charge in [0.1, 0.15) is 0 Å². The Kier molecular flexibility index (Phi) is 4.32. The molecule has 1 aromatic rings. The lowest BCUT2D eigenvalue weighted by Crippen LogP contribution is -2.50. The second-order valence-corrected chi connectivity index (χ2v) is 5.90. The molecule has 5 nitrogen and oxygen atoms in total. The summed E-state index contributed by atoms with van der Waals surface area (Å²) in [4.78, 5) is 24.0. The second-order valence-electron chi connectivity index (χ2n) is 5.90. The molecule has 2 amide bonds. The number of benzene rings is 1. The van der Waals surface area contributed by atoms with E-state index in [1.807, 2.05) is 13.8 Å². The normalized spacial score (nSPS) is 17.0. The number of nitrogens with one attached hydrogen (secondary N) is 2. The molecule has 0 spiro atoms. The molecule has 114 valence electrons. The summed E-state index contributed by atoms with van der Waals surface area (Å²) in [6, 6.07) is 5.23. The predicted octanol–water partition coefficient (Wildman–Crippen LogP) is 1.81. The van der Waals surface area contributed by atoms with Crippen LogP contribution < -0.4 is 16.4 Å². The van der Waals surface area contributed by atoms with Crippen LogP contribution >= 0.6 is 0 Å². The lowest BCUT2D eigenvalue weighted by atomic mass is 9.96. The van der Waals surface area contributed by atoms with Gasteiger partial charge in [0.25, 0.3) is 5.91 Å². The van der Waals surface area contributed by atoms with Gasteiger partial charge in [0.2, 0.25) is 5.91 Å². The third-order valence-electron chi connectivity index (χ3n) is 3.99. The minimum absolute atomic E-state index is 0.111. The molecular weight excluding hydrogens is 266 g/mol. The quantitative estimate of drug-likeness (QED) is 0.773. The van der Waals surface area contributed by atoms with Gasteiger partial charge in [-0.05, 0) is 63.3 Å². The number of hydrogen-bond acceptors (Lipinski definition) is 3. The summed E-state index contributed by atoms with van der Waals surface area (Å²) in [5, 5.41) is 5.62. The average Bonchev–Trinajstić information content (AvgIpc) is 3.25. The van der Waals surface area contributed by atoms with E-state index in [1.165, 1.54) is 0 Å². The van der Waals surface area contributed by atoms with Crippen molar-refractivity contribution in [3.63, 3.8) is 0 Å². The van der Waals surface area contributed by atoms with Gasteiger partial charge in [-0.2, -0.15) is 0 Å². The van der Waals surface area contributed by atoms with Crippen molar-refractivity contribution in [3.05, 3.63) is 29.3 Å². The highest BCUT2D eigenvalue weighted by molar-refractivity contribution is 6.00. The van der Waals surface area contributed by atoms with E-state index in [-0.39, 0.29) is 17.7 Å². The molecule has 0 saturated heterocycles. The van der Waals surface area contributed by atoms with Crippen LogP contribution in [0.2, 0.25) is 0 Å². The van der Waals surface area contributed by atoms with E-state index in [9.17, 15) is 9.59 Å². The monoisotopic (exact) mass is 289 g/mol. The fourth-order valence-corrected chi connectivity index (χ4v) is 2.33. The SMILES string of the molecule is CCNC(=O)c1ccc(NC(=O)C(C)(N)C2CC2)c(C)c1. The Morgan fingerprint density at radius 1 is 1.38 bits per heavy atom. The van der Waals surface area contributed by atoms with Gasteiger partial charge in [0, 0.05) is 17.8 Å². The van der Waals surface area contributed by atoms with Gasteiger partial charge in [-0.15, -0.1) is 0 Å². The van der Waals surface area contributed by atoms with E-state index in [2.05, 4.69) is 10.6 Å². The molecule has 1 aliphatic rings. The molecule has 0 heterocycles. The Bertz CT molecular complexity index is 563. The summed E-state index contributed by atoms with van der Waals surface area (Å²) in [6.07, 6.45) is 2.02. The summed E-state index contributed by atoms with van der Waals surface area (Å²) in [6.45, 7) is 6.10. The van der Waals surface area contributed by atoms with E-state index < -0.39 is 5.54 Å². The molecule has 0 aliphatic heterocycles. The van der Waals surface area contributed by atoms with Crippen LogP contribution in [0.5, 0.6) is 0 Å². The van der Waals surface area contributed by atoms with E-state index in [0.29, 0.717) is 17.8 Å². The van der Waals surface area contributed by atoms with Gasteiger partial charge in [0.15, 0.2) is 0 Å². The number of carbonyl (C=O) groups excluding carboxylic acids is 2. The van der Waals surface area contributed by atoms with Gasteiger partial charge < -0.3 is 16.4 Å². The lowest BCUT2D eigenvalue weighted by Gasteiger charge is -2.23. The zero-order valence-electron chi connectivity index (χ0n) is 12.8. The van der Waals surface area contributed by atoms with Crippen molar-refractivity contribution < 1.29 is 9.59 Å². The molecular formula is C16H23N3O2. The molecule has 21 heavy (non-hydrogen) atoms. The highest BCUT2D eigenvalue weighted by Crippen LogP contribution is 2.38. The molecule has 1 fully saturated rings. The van der Waals surface area contributed by atoms with Crippen LogP contribution in [0, 0.1) is 12.8 Å². The Labute approximate surface area is 125 Å². The largest absolute Gasteiger partial charge is 0.352 e. The zero-order valence-corrected chi connectivity index (χ0v) is 12.8. The van der Waals surface area contributed by atoms with Crippen LogP contribution in [-0.4, -0.2) is 23.9 Å². The van der Waals surface area contributed by atoms with E-state index in [0.717, 1.165) is 18.4 Å². The number of nitrogens with two attached hydrogens (primary N) is 1. The topological polar surface area (TPSA) is 84.2 Å². The predicted molar refractivity (Wildman–Crippen MR) is 83.1 cm³/mol. The molecule has 5 heteroatoms. The van der Waals surface area contributed by atoms with Gasteiger partial charge in [-0.25, -0.2) is 0 Å². The molecule has 2 rings (SSSR count). The van der Waals surface area contributed by atoms with E-state index >= 15 is 0 Å². The average molecular weight is 289 g/mol. The Morgan fingerprint density at radius 3 is 2.57 bits per heavy atom. The standard InChI is InChI=1S/C16H23N3O2/c1-4-18-14(20)11-5-8-13(10(2)9-11)19-15(21)16(3,17)12-6-7-12/h5,8-9,12H,4,6-7,17H2,1-3H3,(H,18,20)(H,19,21). The van der Waals surface area contributed by atoms with Gasteiger partial charge >= 0.3 is 0 Å². The third-order valence-corrected chi connectivity index (χ3v) is 3.99. The number of carbonyl (C=O) groups is 2. The summed E-state index contributed by atoms with van der Waals surface area (Å²) in [7, 11) is 0. The number of rotatable bonds is 5. The molecule has 1 saturated carbocycles. The van der Waals surface area contributed by atoms with Gasteiger partial charge in [0.05, 0.1) is 5.54 Å². The van der Waals surface area contributed by atoms with Crippen LogP contribution in [0.15, 0.2) is 18.2 Å². The Morgan fingerprint density at radius 2 is 2.05 bits per heavy atom. The number of aryl methyl sites for hydroxylation is 1. The van der Waals surface area contributed by atoms with E-state index in [1.54, 1.807) is 25.1 Å². The van der Waals surface area contributed by atoms with Crippen LogP contribution in [0.3, 0.4) is 0 Å². The highest BCUT2D eigenvalue weighted by Gasteiger charge is 2.44. The van der Waals surface area contributed by atoms with Crippen molar-refractivity contribution in [2.24, 2.45) is 11.7 Å². The van der Waals surface area contributed by atoms with Crippen molar-refractivity contribution in [2.75, 3.05) is 11.9 Å². The molecule has 1 aliphatic carbocycles. The summed E-state index contributed by atoms with van der Waals surface area (Å²) in [5.41, 5.74) is 7.41.